The van der Waals surface area contributed by atoms with E-state index in [4.69, 9.17) is 4.42 Å². The fourth-order valence-corrected chi connectivity index (χ4v) is 3.38. The number of hydrogen-bond acceptors (Lipinski definition) is 5. The van der Waals surface area contributed by atoms with Crippen molar-refractivity contribution in [3.8, 4) is 0 Å². The number of hydrogen-bond donors (Lipinski definition) is 2. The normalized spacial score (nSPS) is 15.0. The van der Waals surface area contributed by atoms with Crippen molar-refractivity contribution in [2.24, 2.45) is 5.92 Å². The van der Waals surface area contributed by atoms with Crippen LogP contribution in [0.5, 0.6) is 0 Å². The van der Waals surface area contributed by atoms with Crippen molar-refractivity contribution in [1.82, 2.24) is 15.8 Å². The monoisotopic (exact) mass is 333 g/mol. The molecule has 0 unspecified atom stereocenters. The molecule has 1 saturated carbocycles. The number of thioether (sulfide) groups is 1. The summed E-state index contributed by atoms with van der Waals surface area (Å²) < 4.78 is 5.52. The van der Waals surface area contributed by atoms with Gasteiger partial charge in [0.25, 0.3) is 5.22 Å². The Balaban J connectivity index is 1.39. The molecule has 2 N–H and O–H groups in total. The SMILES string of the molecule is O=C(CSc1nc2ccccc2o1)NNC(=O)CC1CCCC1. The van der Waals surface area contributed by atoms with Crippen molar-refractivity contribution in [3.05, 3.63) is 24.3 Å². The van der Waals surface area contributed by atoms with E-state index in [1.807, 2.05) is 24.3 Å². The van der Waals surface area contributed by atoms with Crippen LogP contribution in [0, 0.1) is 5.92 Å². The van der Waals surface area contributed by atoms with Crippen LogP contribution in [0.15, 0.2) is 33.9 Å². The number of benzene rings is 1. The molecule has 1 heterocycles. The number of aromatic nitrogens is 1. The van der Waals surface area contributed by atoms with E-state index in [9.17, 15) is 9.59 Å². The number of para-hydroxylation sites is 2. The first-order chi connectivity index (χ1) is 11.2. The molecule has 7 heteroatoms. The van der Waals surface area contributed by atoms with Crippen molar-refractivity contribution >= 4 is 34.7 Å². The summed E-state index contributed by atoms with van der Waals surface area (Å²) in [4.78, 5) is 27.8. The number of hydrazine groups is 1. The summed E-state index contributed by atoms with van der Waals surface area (Å²) in [7, 11) is 0. The number of carbonyl (C=O) groups is 2. The fourth-order valence-electron chi connectivity index (χ4n) is 2.74. The van der Waals surface area contributed by atoms with Gasteiger partial charge < -0.3 is 4.42 Å². The highest BCUT2D eigenvalue weighted by atomic mass is 32.2. The molecule has 1 aromatic carbocycles. The van der Waals surface area contributed by atoms with Crippen molar-refractivity contribution < 1.29 is 14.0 Å². The number of rotatable bonds is 5. The molecule has 3 rings (SSSR count). The van der Waals surface area contributed by atoms with E-state index in [-0.39, 0.29) is 17.6 Å². The van der Waals surface area contributed by atoms with E-state index in [2.05, 4.69) is 15.8 Å². The van der Waals surface area contributed by atoms with Gasteiger partial charge in [0.1, 0.15) is 5.52 Å². The minimum atomic E-state index is -0.281. The summed E-state index contributed by atoms with van der Waals surface area (Å²) in [5, 5.41) is 0.443. The van der Waals surface area contributed by atoms with E-state index in [0.29, 0.717) is 23.1 Å². The molecule has 1 aliphatic rings. The molecule has 1 aromatic heterocycles. The summed E-state index contributed by atoms with van der Waals surface area (Å²) >= 11 is 1.20. The number of amides is 2. The lowest BCUT2D eigenvalue weighted by Crippen LogP contribution is -2.43. The van der Waals surface area contributed by atoms with Crippen molar-refractivity contribution in [3.63, 3.8) is 0 Å². The van der Waals surface area contributed by atoms with Crippen molar-refractivity contribution in [1.29, 1.82) is 0 Å². The average Bonchev–Trinajstić information content (AvgIpc) is 3.19. The minimum Gasteiger partial charge on any atom is -0.431 e. The zero-order chi connectivity index (χ0) is 16.1. The second-order valence-electron chi connectivity index (χ2n) is 5.69. The Kier molecular flexibility index (Phi) is 5.17. The topological polar surface area (TPSA) is 84.2 Å². The highest BCUT2D eigenvalue weighted by molar-refractivity contribution is 7.99. The maximum Gasteiger partial charge on any atom is 0.257 e. The van der Waals surface area contributed by atoms with Gasteiger partial charge in [0.05, 0.1) is 5.75 Å². The zero-order valence-electron chi connectivity index (χ0n) is 12.7. The molecule has 2 aromatic rings. The molecule has 2 amide bonds. The first-order valence-electron chi connectivity index (χ1n) is 7.77. The van der Waals surface area contributed by atoms with Gasteiger partial charge in [-0.1, -0.05) is 36.7 Å². The standard InChI is InChI=1S/C16H19N3O3S/c20-14(9-11-5-1-2-6-11)18-19-15(21)10-23-16-17-12-7-3-4-8-13(12)22-16/h3-4,7-8,11H,1-2,5-6,9-10H2,(H,18,20)(H,19,21). The van der Waals surface area contributed by atoms with Gasteiger partial charge >= 0.3 is 0 Å². The van der Waals surface area contributed by atoms with Gasteiger partial charge in [-0.2, -0.15) is 0 Å². The number of nitrogens with one attached hydrogen (secondary N) is 2. The Morgan fingerprint density at radius 2 is 1.91 bits per heavy atom. The predicted octanol–water partition coefficient (Wildman–Crippen LogP) is 2.65. The Morgan fingerprint density at radius 3 is 2.70 bits per heavy atom. The van der Waals surface area contributed by atoms with Crippen LogP contribution in [-0.4, -0.2) is 22.6 Å². The molecule has 1 fully saturated rings. The Hall–Kier alpha value is -2.02. The van der Waals surface area contributed by atoms with E-state index >= 15 is 0 Å². The molecular weight excluding hydrogens is 314 g/mol. The first kappa shape index (κ1) is 15.9. The molecule has 0 bridgehead atoms. The summed E-state index contributed by atoms with van der Waals surface area (Å²) in [6.45, 7) is 0. The average molecular weight is 333 g/mol. The third kappa shape index (κ3) is 4.48. The largest absolute Gasteiger partial charge is 0.431 e. The summed E-state index contributed by atoms with van der Waals surface area (Å²) in [5.41, 5.74) is 6.36. The number of fused-ring (bicyclic) bond motifs is 1. The van der Waals surface area contributed by atoms with E-state index in [1.165, 1.54) is 24.6 Å². The van der Waals surface area contributed by atoms with Crippen LogP contribution >= 0.6 is 11.8 Å². The van der Waals surface area contributed by atoms with Gasteiger partial charge in [0.15, 0.2) is 5.58 Å². The molecule has 0 spiro atoms. The summed E-state index contributed by atoms with van der Waals surface area (Å²) in [6, 6.07) is 7.43. The smallest absolute Gasteiger partial charge is 0.257 e. The Bertz CT molecular complexity index is 662. The molecular formula is C16H19N3O3S. The Labute approximate surface area is 138 Å². The summed E-state index contributed by atoms with van der Waals surface area (Å²) in [5.74, 6) is 0.187. The number of nitrogens with zero attached hydrogens (tertiary/aromatic N) is 1. The Morgan fingerprint density at radius 1 is 1.17 bits per heavy atom. The lowest BCUT2D eigenvalue weighted by molar-refractivity contribution is -0.128. The van der Waals surface area contributed by atoms with E-state index in [1.54, 1.807) is 0 Å². The third-order valence-electron chi connectivity index (χ3n) is 3.89. The van der Waals surface area contributed by atoms with Crippen LogP contribution in [0.3, 0.4) is 0 Å². The predicted molar refractivity (Wildman–Crippen MR) is 87.6 cm³/mol. The van der Waals surface area contributed by atoms with Gasteiger partial charge in [-0.25, -0.2) is 4.98 Å². The van der Waals surface area contributed by atoms with Crippen LogP contribution in [-0.2, 0) is 9.59 Å². The van der Waals surface area contributed by atoms with Crippen LogP contribution in [0.2, 0.25) is 0 Å². The van der Waals surface area contributed by atoms with Gasteiger partial charge in [-0.15, -0.1) is 0 Å². The van der Waals surface area contributed by atoms with Gasteiger partial charge in [-0.3, -0.25) is 20.4 Å². The lowest BCUT2D eigenvalue weighted by atomic mass is 10.0. The van der Waals surface area contributed by atoms with Crippen LogP contribution in [0.25, 0.3) is 11.1 Å². The maximum absolute atomic E-state index is 11.8. The van der Waals surface area contributed by atoms with E-state index < -0.39 is 0 Å². The van der Waals surface area contributed by atoms with Crippen LogP contribution in [0.4, 0.5) is 0 Å². The zero-order valence-corrected chi connectivity index (χ0v) is 13.5. The van der Waals surface area contributed by atoms with Gasteiger partial charge in [0.2, 0.25) is 11.8 Å². The second kappa shape index (κ2) is 7.50. The van der Waals surface area contributed by atoms with Gasteiger partial charge in [-0.05, 0) is 30.9 Å². The third-order valence-corrected chi connectivity index (χ3v) is 4.72. The molecule has 23 heavy (non-hydrogen) atoms. The lowest BCUT2D eigenvalue weighted by Gasteiger charge is -2.10. The van der Waals surface area contributed by atoms with Crippen LogP contribution < -0.4 is 10.9 Å². The maximum atomic E-state index is 11.8. The molecule has 0 saturated heterocycles. The molecule has 0 atom stereocenters. The highest BCUT2D eigenvalue weighted by Gasteiger charge is 2.18. The molecule has 6 nitrogen and oxygen atoms in total. The van der Waals surface area contributed by atoms with Crippen LogP contribution in [0.1, 0.15) is 32.1 Å². The second-order valence-corrected chi connectivity index (χ2v) is 6.61. The molecule has 122 valence electrons. The van der Waals surface area contributed by atoms with Crippen molar-refractivity contribution in [2.75, 3.05) is 5.75 Å². The minimum absolute atomic E-state index is 0.128. The van der Waals surface area contributed by atoms with Crippen molar-refractivity contribution in [2.45, 2.75) is 37.3 Å². The number of oxazole rings is 1. The summed E-state index contributed by atoms with van der Waals surface area (Å²) in [6.07, 6.45) is 5.10. The quantitative estimate of drug-likeness (QED) is 0.649. The van der Waals surface area contributed by atoms with Gasteiger partial charge in [0, 0.05) is 6.42 Å². The molecule has 0 aliphatic heterocycles. The van der Waals surface area contributed by atoms with E-state index in [0.717, 1.165) is 18.4 Å². The number of carbonyl (C=O) groups excluding carboxylic acids is 2. The fraction of sp³-hybridized carbons (Fsp3) is 0.438. The first-order valence-corrected chi connectivity index (χ1v) is 8.75. The highest BCUT2D eigenvalue weighted by Crippen LogP contribution is 2.27. The molecule has 0 radical (unpaired) electrons. The molecule has 1 aliphatic carbocycles.